The average molecular weight is 326 g/mol. The number of anilines is 1. The summed E-state index contributed by atoms with van der Waals surface area (Å²) >= 11 is 3.52. The average Bonchev–Trinajstić information content (AvgIpc) is 2.48. The number of aromatic nitrogens is 2. The standard InChI is InChI=1S/C16H12BrN3/c17-13-9-5-4-8-12(13)16-19-14(10-15(18)20-16)11-6-2-1-3-7-11/h1-10H,(H2,18,19,20). The Morgan fingerprint density at radius 2 is 1.55 bits per heavy atom. The Morgan fingerprint density at radius 1 is 0.850 bits per heavy atom. The lowest BCUT2D eigenvalue weighted by Gasteiger charge is -2.07. The molecule has 0 atom stereocenters. The van der Waals surface area contributed by atoms with E-state index in [0.717, 1.165) is 21.3 Å². The van der Waals surface area contributed by atoms with Gasteiger partial charge in [-0.15, -0.1) is 0 Å². The number of nitrogens with two attached hydrogens (primary N) is 1. The molecule has 2 N–H and O–H groups in total. The Bertz CT molecular complexity index is 742. The lowest BCUT2D eigenvalue weighted by Crippen LogP contribution is -1.98. The molecule has 0 fully saturated rings. The van der Waals surface area contributed by atoms with Crippen LogP contribution in [0.3, 0.4) is 0 Å². The molecule has 0 bridgehead atoms. The van der Waals surface area contributed by atoms with Gasteiger partial charge in [0.25, 0.3) is 0 Å². The SMILES string of the molecule is Nc1cc(-c2ccccc2)nc(-c2ccccc2Br)n1. The first kappa shape index (κ1) is 12.8. The van der Waals surface area contributed by atoms with E-state index in [1.54, 1.807) is 6.07 Å². The fraction of sp³-hybridized carbons (Fsp3) is 0. The molecule has 3 nitrogen and oxygen atoms in total. The van der Waals surface area contributed by atoms with Crippen molar-refractivity contribution in [3.8, 4) is 22.6 Å². The Kier molecular flexibility index (Phi) is 3.48. The summed E-state index contributed by atoms with van der Waals surface area (Å²) in [6.07, 6.45) is 0. The van der Waals surface area contributed by atoms with E-state index in [4.69, 9.17) is 5.73 Å². The van der Waals surface area contributed by atoms with Crippen LogP contribution in [0.1, 0.15) is 0 Å². The zero-order chi connectivity index (χ0) is 13.9. The predicted octanol–water partition coefficient (Wildman–Crippen LogP) is 4.16. The smallest absolute Gasteiger partial charge is 0.163 e. The quantitative estimate of drug-likeness (QED) is 0.769. The van der Waals surface area contributed by atoms with Gasteiger partial charge in [0.2, 0.25) is 0 Å². The van der Waals surface area contributed by atoms with E-state index in [2.05, 4.69) is 25.9 Å². The van der Waals surface area contributed by atoms with Crippen molar-refractivity contribution in [2.24, 2.45) is 0 Å². The van der Waals surface area contributed by atoms with Crippen LogP contribution in [0.25, 0.3) is 22.6 Å². The van der Waals surface area contributed by atoms with Crippen LogP contribution in [-0.2, 0) is 0 Å². The molecule has 3 rings (SSSR count). The van der Waals surface area contributed by atoms with Crippen LogP contribution in [-0.4, -0.2) is 9.97 Å². The molecular formula is C16H12BrN3. The maximum Gasteiger partial charge on any atom is 0.163 e. The summed E-state index contributed by atoms with van der Waals surface area (Å²) in [5, 5.41) is 0. The molecule has 3 aromatic rings. The third-order valence-electron chi connectivity index (χ3n) is 2.93. The van der Waals surface area contributed by atoms with Crippen molar-refractivity contribution >= 4 is 21.7 Å². The first-order valence-corrected chi connectivity index (χ1v) is 6.98. The van der Waals surface area contributed by atoms with Gasteiger partial charge in [-0.25, -0.2) is 9.97 Å². The minimum Gasteiger partial charge on any atom is -0.384 e. The van der Waals surface area contributed by atoms with E-state index in [0.29, 0.717) is 11.6 Å². The summed E-state index contributed by atoms with van der Waals surface area (Å²) in [6.45, 7) is 0. The molecule has 0 radical (unpaired) electrons. The van der Waals surface area contributed by atoms with Crippen LogP contribution in [0.4, 0.5) is 5.82 Å². The summed E-state index contributed by atoms with van der Waals surface area (Å²) in [4.78, 5) is 8.94. The van der Waals surface area contributed by atoms with Gasteiger partial charge in [0.1, 0.15) is 5.82 Å². The van der Waals surface area contributed by atoms with E-state index >= 15 is 0 Å². The Labute approximate surface area is 125 Å². The first-order chi connectivity index (χ1) is 9.74. The number of nitrogens with zero attached hydrogens (tertiary/aromatic N) is 2. The topological polar surface area (TPSA) is 51.8 Å². The van der Waals surface area contributed by atoms with E-state index in [1.165, 1.54) is 0 Å². The van der Waals surface area contributed by atoms with E-state index in [9.17, 15) is 0 Å². The van der Waals surface area contributed by atoms with Crippen LogP contribution in [0.5, 0.6) is 0 Å². The van der Waals surface area contributed by atoms with Gasteiger partial charge < -0.3 is 5.73 Å². The number of halogens is 1. The molecule has 1 aromatic heterocycles. The van der Waals surface area contributed by atoms with Crippen molar-refractivity contribution in [3.63, 3.8) is 0 Å². The molecule has 2 aromatic carbocycles. The van der Waals surface area contributed by atoms with Crippen molar-refractivity contribution in [2.75, 3.05) is 5.73 Å². The number of hydrogen-bond acceptors (Lipinski definition) is 3. The molecule has 0 saturated heterocycles. The Hall–Kier alpha value is -2.20. The van der Waals surface area contributed by atoms with Crippen molar-refractivity contribution in [1.29, 1.82) is 0 Å². The molecule has 0 spiro atoms. The maximum atomic E-state index is 5.92. The lowest BCUT2D eigenvalue weighted by molar-refractivity contribution is 1.18. The van der Waals surface area contributed by atoms with Gasteiger partial charge in [0.05, 0.1) is 5.69 Å². The zero-order valence-electron chi connectivity index (χ0n) is 10.6. The van der Waals surface area contributed by atoms with E-state index < -0.39 is 0 Å². The Morgan fingerprint density at radius 3 is 2.30 bits per heavy atom. The van der Waals surface area contributed by atoms with E-state index in [1.807, 2.05) is 54.6 Å². The fourth-order valence-corrected chi connectivity index (χ4v) is 2.45. The summed E-state index contributed by atoms with van der Waals surface area (Å²) in [5.74, 6) is 1.08. The predicted molar refractivity (Wildman–Crippen MR) is 85.0 cm³/mol. The highest BCUT2D eigenvalue weighted by molar-refractivity contribution is 9.10. The first-order valence-electron chi connectivity index (χ1n) is 6.19. The summed E-state index contributed by atoms with van der Waals surface area (Å²) in [7, 11) is 0. The highest BCUT2D eigenvalue weighted by atomic mass is 79.9. The second kappa shape index (κ2) is 5.43. The monoisotopic (exact) mass is 325 g/mol. The van der Waals surface area contributed by atoms with Gasteiger partial charge in [-0.1, -0.05) is 64.5 Å². The number of hydrogen-bond donors (Lipinski definition) is 1. The normalized spacial score (nSPS) is 10.4. The van der Waals surface area contributed by atoms with Crippen LogP contribution in [0.15, 0.2) is 65.1 Å². The van der Waals surface area contributed by atoms with E-state index in [-0.39, 0.29) is 0 Å². The molecule has 4 heteroatoms. The number of nitrogen functional groups attached to an aromatic ring is 1. The van der Waals surface area contributed by atoms with Crippen molar-refractivity contribution < 1.29 is 0 Å². The third-order valence-corrected chi connectivity index (χ3v) is 3.62. The Balaban J connectivity index is 2.15. The van der Waals surface area contributed by atoms with Gasteiger partial charge >= 0.3 is 0 Å². The molecule has 1 heterocycles. The van der Waals surface area contributed by atoms with Crippen molar-refractivity contribution in [2.45, 2.75) is 0 Å². The molecule has 0 unspecified atom stereocenters. The highest BCUT2D eigenvalue weighted by Crippen LogP contribution is 2.28. The number of benzene rings is 2. The molecule has 98 valence electrons. The van der Waals surface area contributed by atoms with Gasteiger partial charge in [0.15, 0.2) is 5.82 Å². The maximum absolute atomic E-state index is 5.92. The van der Waals surface area contributed by atoms with Gasteiger partial charge in [0, 0.05) is 21.7 Å². The lowest BCUT2D eigenvalue weighted by atomic mass is 10.1. The molecule has 0 aliphatic heterocycles. The third kappa shape index (κ3) is 2.56. The minimum absolute atomic E-state index is 0.463. The minimum atomic E-state index is 0.463. The second-order valence-corrected chi connectivity index (χ2v) is 5.20. The zero-order valence-corrected chi connectivity index (χ0v) is 12.2. The molecule has 20 heavy (non-hydrogen) atoms. The molecular weight excluding hydrogens is 314 g/mol. The molecule has 0 saturated carbocycles. The second-order valence-electron chi connectivity index (χ2n) is 4.35. The van der Waals surface area contributed by atoms with Crippen molar-refractivity contribution in [1.82, 2.24) is 9.97 Å². The molecule has 0 amide bonds. The highest BCUT2D eigenvalue weighted by Gasteiger charge is 2.09. The van der Waals surface area contributed by atoms with Gasteiger partial charge in [-0.3, -0.25) is 0 Å². The van der Waals surface area contributed by atoms with Crippen molar-refractivity contribution in [3.05, 3.63) is 65.1 Å². The summed E-state index contributed by atoms with van der Waals surface area (Å²) in [6, 6.07) is 19.6. The van der Waals surface area contributed by atoms with Crippen LogP contribution in [0, 0.1) is 0 Å². The molecule has 0 aliphatic carbocycles. The molecule has 0 aliphatic rings. The largest absolute Gasteiger partial charge is 0.384 e. The number of rotatable bonds is 2. The summed E-state index contributed by atoms with van der Waals surface area (Å²) in [5.41, 5.74) is 8.69. The van der Waals surface area contributed by atoms with Gasteiger partial charge in [-0.05, 0) is 6.07 Å². The van der Waals surface area contributed by atoms with Gasteiger partial charge in [-0.2, -0.15) is 0 Å². The van der Waals surface area contributed by atoms with Crippen LogP contribution in [0.2, 0.25) is 0 Å². The summed E-state index contributed by atoms with van der Waals surface area (Å²) < 4.78 is 0.949. The van der Waals surface area contributed by atoms with Crippen LogP contribution >= 0.6 is 15.9 Å². The van der Waals surface area contributed by atoms with Crippen LogP contribution < -0.4 is 5.73 Å². The fourth-order valence-electron chi connectivity index (χ4n) is 1.99.